The van der Waals surface area contributed by atoms with E-state index in [2.05, 4.69) is 12.2 Å². The van der Waals surface area contributed by atoms with Crippen molar-refractivity contribution in [3.05, 3.63) is 0 Å². The van der Waals surface area contributed by atoms with E-state index in [0.29, 0.717) is 18.6 Å². The summed E-state index contributed by atoms with van der Waals surface area (Å²) in [5.41, 5.74) is 0. The van der Waals surface area contributed by atoms with Gasteiger partial charge in [0, 0.05) is 19.1 Å². The molecule has 3 nitrogen and oxygen atoms in total. The summed E-state index contributed by atoms with van der Waals surface area (Å²) in [7, 11) is 1.93. The fourth-order valence-corrected chi connectivity index (χ4v) is 2.41. The van der Waals surface area contributed by atoms with Crippen molar-refractivity contribution in [3.8, 4) is 0 Å². The number of likely N-dealkylation sites (N-methyl/N-ethyl adjacent to an activating group) is 1. The van der Waals surface area contributed by atoms with Crippen molar-refractivity contribution in [3.63, 3.8) is 0 Å². The normalized spacial score (nSPS) is 30.5. The zero-order valence-corrected chi connectivity index (χ0v) is 9.83. The predicted octanol–water partition coefficient (Wildman–Crippen LogP) is 1.39. The van der Waals surface area contributed by atoms with Crippen molar-refractivity contribution in [1.29, 1.82) is 0 Å². The highest BCUT2D eigenvalue weighted by Gasteiger charge is 2.29. The van der Waals surface area contributed by atoms with Gasteiger partial charge in [-0.2, -0.15) is 0 Å². The molecule has 0 bridgehead atoms. The van der Waals surface area contributed by atoms with Gasteiger partial charge >= 0.3 is 0 Å². The zero-order valence-electron chi connectivity index (χ0n) is 9.83. The summed E-state index contributed by atoms with van der Waals surface area (Å²) in [5.74, 6) is 1.09. The largest absolute Gasteiger partial charge is 0.342 e. The Balaban J connectivity index is 1.66. The van der Waals surface area contributed by atoms with Gasteiger partial charge in [-0.05, 0) is 38.0 Å². The van der Waals surface area contributed by atoms with Crippen molar-refractivity contribution in [2.45, 2.75) is 51.1 Å². The van der Waals surface area contributed by atoms with E-state index in [1.54, 1.807) is 0 Å². The maximum Gasteiger partial charge on any atom is 0.236 e. The molecule has 2 saturated carbocycles. The summed E-state index contributed by atoms with van der Waals surface area (Å²) in [5, 5.41) is 3.38. The smallest absolute Gasteiger partial charge is 0.236 e. The van der Waals surface area contributed by atoms with Crippen molar-refractivity contribution in [2.24, 2.45) is 5.92 Å². The first-order valence-corrected chi connectivity index (χ1v) is 6.16. The van der Waals surface area contributed by atoms with Crippen LogP contribution in [0.4, 0.5) is 0 Å². The maximum absolute atomic E-state index is 11.7. The van der Waals surface area contributed by atoms with Crippen molar-refractivity contribution >= 4 is 5.91 Å². The zero-order chi connectivity index (χ0) is 10.8. The summed E-state index contributed by atoms with van der Waals surface area (Å²) in [6.45, 7) is 2.82. The number of nitrogens with zero attached hydrogens (tertiary/aromatic N) is 1. The van der Waals surface area contributed by atoms with Crippen LogP contribution in [-0.4, -0.2) is 36.5 Å². The molecule has 1 N–H and O–H groups in total. The monoisotopic (exact) mass is 210 g/mol. The molecule has 0 aromatic carbocycles. The Morgan fingerprint density at radius 2 is 2.07 bits per heavy atom. The first-order chi connectivity index (χ1) is 7.16. The number of carbonyl (C=O) groups is 1. The lowest BCUT2D eigenvalue weighted by Gasteiger charge is -2.18. The molecule has 2 aliphatic rings. The van der Waals surface area contributed by atoms with Gasteiger partial charge in [0.2, 0.25) is 5.91 Å². The summed E-state index contributed by atoms with van der Waals surface area (Å²) >= 11 is 0. The van der Waals surface area contributed by atoms with Gasteiger partial charge in [0.15, 0.2) is 0 Å². The molecule has 2 aliphatic carbocycles. The second kappa shape index (κ2) is 4.52. The van der Waals surface area contributed by atoms with Crippen LogP contribution in [-0.2, 0) is 4.79 Å². The molecule has 15 heavy (non-hydrogen) atoms. The highest BCUT2D eigenvalue weighted by atomic mass is 16.2. The summed E-state index contributed by atoms with van der Waals surface area (Å²) in [6.07, 6.45) is 6.18. The van der Waals surface area contributed by atoms with Gasteiger partial charge in [0.1, 0.15) is 0 Å². The molecular weight excluding hydrogens is 188 g/mol. The van der Waals surface area contributed by atoms with E-state index in [4.69, 9.17) is 0 Å². The van der Waals surface area contributed by atoms with Gasteiger partial charge in [0.05, 0.1) is 6.54 Å². The maximum atomic E-state index is 11.7. The molecule has 86 valence electrons. The van der Waals surface area contributed by atoms with Gasteiger partial charge < -0.3 is 10.2 Å². The van der Waals surface area contributed by atoms with Gasteiger partial charge in [0.25, 0.3) is 0 Å². The van der Waals surface area contributed by atoms with Crippen molar-refractivity contribution in [1.82, 2.24) is 10.2 Å². The summed E-state index contributed by atoms with van der Waals surface area (Å²) in [6, 6.07) is 1.12. The van der Waals surface area contributed by atoms with E-state index in [9.17, 15) is 4.79 Å². The van der Waals surface area contributed by atoms with E-state index in [1.165, 1.54) is 32.1 Å². The van der Waals surface area contributed by atoms with E-state index < -0.39 is 0 Å². The lowest BCUT2D eigenvalue weighted by molar-refractivity contribution is -0.129. The van der Waals surface area contributed by atoms with Crippen LogP contribution in [0.1, 0.15) is 39.0 Å². The van der Waals surface area contributed by atoms with Crippen LogP contribution in [0.15, 0.2) is 0 Å². The first-order valence-electron chi connectivity index (χ1n) is 6.16. The van der Waals surface area contributed by atoms with Crippen LogP contribution in [0.25, 0.3) is 0 Å². The van der Waals surface area contributed by atoms with Crippen LogP contribution in [0.5, 0.6) is 0 Å². The van der Waals surface area contributed by atoms with Crippen LogP contribution < -0.4 is 5.32 Å². The number of hydrogen-bond donors (Lipinski definition) is 1. The minimum atomic E-state index is 0.261. The average molecular weight is 210 g/mol. The number of rotatable bonds is 4. The predicted molar refractivity (Wildman–Crippen MR) is 60.6 cm³/mol. The Bertz CT molecular complexity index is 238. The molecule has 2 atom stereocenters. The average Bonchev–Trinajstić information content (AvgIpc) is 2.98. The number of amides is 1. The van der Waals surface area contributed by atoms with Gasteiger partial charge in [-0.15, -0.1) is 0 Å². The molecule has 2 unspecified atom stereocenters. The van der Waals surface area contributed by atoms with Gasteiger partial charge in [-0.1, -0.05) is 6.92 Å². The molecule has 1 amide bonds. The number of hydrogen-bond acceptors (Lipinski definition) is 2. The Morgan fingerprint density at radius 1 is 1.33 bits per heavy atom. The molecule has 2 rings (SSSR count). The van der Waals surface area contributed by atoms with E-state index in [-0.39, 0.29) is 5.91 Å². The molecule has 0 aliphatic heterocycles. The highest BCUT2D eigenvalue weighted by Crippen LogP contribution is 2.26. The molecule has 0 saturated heterocycles. The summed E-state index contributed by atoms with van der Waals surface area (Å²) in [4.78, 5) is 13.6. The molecule has 0 aromatic heterocycles. The van der Waals surface area contributed by atoms with E-state index >= 15 is 0 Å². The van der Waals surface area contributed by atoms with E-state index in [1.807, 2.05) is 11.9 Å². The molecule has 0 heterocycles. The third kappa shape index (κ3) is 2.94. The summed E-state index contributed by atoms with van der Waals surface area (Å²) < 4.78 is 0. The molecule has 0 spiro atoms. The highest BCUT2D eigenvalue weighted by molar-refractivity contribution is 5.78. The third-order valence-electron chi connectivity index (χ3n) is 3.72. The minimum Gasteiger partial charge on any atom is -0.342 e. The Morgan fingerprint density at radius 3 is 2.60 bits per heavy atom. The van der Waals surface area contributed by atoms with Crippen LogP contribution in [0, 0.1) is 5.92 Å². The Kier molecular flexibility index (Phi) is 3.29. The second-order valence-corrected chi connectivity index (χ2v) is 5.23. The molecule has 0 radical (unpaired) electrons. The van der Waals surface area contributed by atoms with Crippen LogP contribution in [0.2, 0.25) is 0 Å². The SMILES string of the molecule is CC1CCC(NCC(=O)N(C)C2CC2)C1. The molecular formula is C12H22N2O. The number of carbonyl (C=O) groups excluding carboxylic acids is 1. The van der Waals surface area contributed by atoms with Gasteiger partial charge in [-0.3, -0.25) is 4.79 Å². The van der Waals surface area contributed by atoms with Crippen LogP contribution in [0.3, 0.4) is 0 Å². The quantitative estimate of drug-likeness (QED) is 0.760. The Labute approximate surface area is 92.2 Å². The molecule has 2 fully saturated rings. The minimum absolute atomic E-state index is 0.261. The lowest BCUT2D eigenvalue weighted by Crippen LogP contribution is -2.40. The first kappa shape index (κ1) is 10.9. The topological polar surface area (TPSA) is 32.3 Å². The fourth-order valence-electron chi connectivity index (χ4n) is 2.41. The van der Waals surface area contributed by atoms with Gasteiger partial charge in [-0.25, -0.2) is 0 Å². The van der Waals surface area contributed by atoms with Crippen LogP contribution >= 0.6 is 0 Å². The molecule has 3 heteroatoms. The lowest BCUT2D eigenvalue weighted by atomic mass is 10.1. The van der Waals surface area contributed by atoms with Crippen molar-refractivity contribution in [2.75, 3.05) is 13.6 Å². The van der Waals surface area contributed by atoms with E-state index in [0.717, 1.165) is 5.92 Å². The molecule has 0 aromatic rings. The third-order valence-corrected chi connectivity index (χ3v) is 3.72. The fraction of sp³-hybridized carbons (Fsp3) is 0.917. The standard InChI is InChI=1S/C12H22N2O/c1-9-3-4-10(7-9)13-8-12(15)14(2)11-5-6-11/h9-11,13H,3-8H2,1-2H3. The second-order valence-electron chi connectivity index (χ2n) is 5.23. The van der Waals surface area contributed by atoms with Crippen molar-refractivity contribution < 1.29 is 4.79 Å². The number of nitrogens with one attached hydrogen (secondary N) is 1. The Hall–Kier alpha value is -0.570.